The van der Waals surface area contributed by atoms with E-state index in [0.29, 0.717) is 18.2 Å². The van der Waals surface area contributed by atoms with E-state index in [9.17, 15) is 0 Å². The average Bonchev–Trinajstić information content (AvgIpc) is 2.65. The first-order valence-corrected chi connectivity index (χ1v) is 4.62. The average molecular weight is 204 g/mol. The third-order valence-electron chi connectivity index (χ3n) is 1.99. The molecule has 0 spiro atoms. The zero-order chi connectivity index (χ0) is 10.7. The lowest BCUT2D eigenvalue weighted by Gasteiger charge is -2.05. The van der Waals surface area contributed by atoms with Crippen LogP contribution in [0.4, 0.5) is 0 Å². The molecule has 2 aromatic heterocycles. The molecule has 0 saturated carbocycles. The van der Waals surface area contributed by atoms with Crippen LogP contribution in [0.3, 0.4) is 0 Å². The van der Waals surface area contributed by atoms with E-state index in [1.54, 1.807) is 12.4 Å². The van der Waals surface area contributed by atoms with E-state index >= 15 is 0 Å². The smallest absolute Gasteiger partial charge is 0.238 e. The SMILES string of the molecule is Cc1cc(Oc2cnccc2CN)n[nH]1. The Kier molecular flexibility index (Phi) is 2.64. The van der Waals surface area contributed by atoms with Crippen LogP contribution in [0.15, 0.2) is 24.5 Å². The fourth-order valence-corrected chi connectivity index (χ4v) is 1.23. The molecule has 5 heteroatoms. The largest absolute Gasteiger partial charge is 0.436 e. The maximum absolute atomic E-state index is 5.57. The summed E-state index contributed by atoms with van der Waals surface area (Å²) >= 11 is 0. The van der Waals surface area contributed by atoms with Crippen LogP contribution in [-0.4, -0.2) is 15.2 Å². The number of ether oxygens (including phenoxy) is 1. The van der Waals surface area contributed by atoms with Crippen LogP contribution in [-0.2, 0) is 6.54 Å². The quantitative estimate of drug-likeness (QED) is 0.791. The molecule has 0 unspecified atom stereocenters. The van der Waals surface area contributed by atoms with Gasteiger partial charge in [-0.15, -0.1) is 5.10 Å². The Morgan fingerprint density at radius 1 is 1.53 bits per heavy atom. The summed E-state index contributed by atoms with van der Waals surface area (Å²) in [4.78, 5) is 3.98. The minimum atomic E-state index is 0.418. The molecule has 0 saturated heterocycles. The normalized spacial score (nSPS) is 10.3. The van der Waals surface area contributed by atoms with E-state index in [-0.39, 0.29) is 0 Å². The van der Waals surface area contributed by atoms with E-state index in [0.717, 1.165) is 11.3 Å². The third-order valence-corrected chi connectivity index (χ3v) is 1.99. The molecule has 0 atom stereocenters. The topological polar surface area (TPSA) is 76.8 Å². The number of aromatic nitrogens is 3. The second kappa shape index (κ2) is 4.10. The zero-order valence-corrected chi connectivity index (χ0v) is 8.40. The maximum Gasteiger partial charge on any atom is 0.238 e. The number of nitrogens with two attached hydrogens (primary N) is 1. The van der Waals surface area contributed by atoms with Crippen molar-refractivity contribution in [3.05, 3.63) is 35.8 Å². The molecule has 0 amide bonds. The van der Waals surface area contributed by atoms with Crippen LogP contribution in [0.25, 0.3) is 0 Å². The molecule has 0 aliphatic rings. The van der Waals surface area contributed by atoms with Crippen LogP contribution in [0, 0.1) is 6.92 Å². The molecular formula is C10H12N4O. The highest BCUT2D eigenvalue weighted by Crippen LogP contribution is 2.22. The van der Waals surface area contributed by atoms with Gasteiger partial charge in [-0.05, 0) is 13.0 Å². The molecule has 3 N–H and O–H groups in total. The summed E-state index contributed by atoms with van der Waals surface area (Å²) < 4.78 is 5.54. The lowest BCUT2D eigenvalue weighted by Crippen LogP contribution is -1.99. The fraction of sp³-hybridized carbons (Fsp3) is 0.200. The van der Waals surface area contributed by atoms with Crippen LogP contribution in [0.2, 0.25) is 0 Å². The minimum absolute atomic E-state index is 0.418. The molecule has 0 aliphatic carbocycles. The summed E-state index contributed by atoms with van der Waals surface area (Å²) in [7, 11) is 0. The molecule has 2 heterocycles. The monoisotopic (exact) mass is 204 g/mol. The maximum atomic E-state index is 5.57. The van der Waals surface area contributed by atoms with Gasteiger partial charge in [-0.2, -0.15) is 0 Å². The Bertz CT molecular complexity index is 452. The second-order valence-electron chi connectivity index (χ2n) is 3.18. The number of H-pyrrole nitrogens is 1. The predicted octanol–water partition coefficient (Wildman–Crippen LogP) is 1.36. The highest BCUT2D eigenvalue weighted by Gasteiger charge is 2.05. The summed E-state index contributed by atoms with van der Waals surface area (Å²) in [6.45, 7) is 2.33. The first kappa shape index (κ1) is 9.67. The first-order chi connectivity index (χ1) is 7.29. The molecular weight excluding hydrogens is 192 g/mol. The molecule has 2 rings (SSSR count). The number of nitrogens with zero attached hydrogens (tertiary/aromatic N) is 2. The molecule has 0 aromatic carbocycles. The molecule has 0 fully saturated rings. The lowest BCUT2D eigenvalue weighted by atomic mass is 10.2. The standard InChI is InChI=1S/C10H12N4O/c1-7-4-10(14-13-7)15-9-6-12-3-2-8(9)5-11/h2-4,6H,5,11H2,1H3,(H,13,14). The van der Waals surface area contributed by atoms with E-state index in [1.165, 1.54) is 0 Å². The van der Waals surface area contributed by atoms with Gasteiger partial charge in [0.05, 0.1) is 6.20 Å². The predicted molar refractivity (Wildman–Crippen MR) is 55.5 cm³/mol. The number of pyridine rings is 1. The molecule has 15 heavy (non-hydrogen) atoms. The second-order valence-corrected chi connectivity index (χ2v) is 3.18. The van der Waals surface area contributed by atoms with E-state index < -0.39 is 0 Å². The highest BCUT2D eigenvalue weighted by molar-refractivity contribution is 5.33. The van der Waals surface area contributed by atoms with Crippen molar-refractivity contribution in [3.63, 3.8) is 0 Å². The molecule has 0 aliphatic heterocycles. The van der Waals surface area contributed by atoms with Gasteiger partial charge in [0.15, 0.2) is 5.75 Å². The van der Waals surface area contributed by atoms with E-state index in [4.69, 9.17) is 10.5 Å². The van der Waals surface area contributed by atoms with Crippen molar-refractivity contribution in [2.24, 2.45) is 5.73 Å². The summed E-state index contributed by atoms with van der Waals surface area (Å²) in [5.41, 5.74) is 7.43. The number of aryl methyl sites for hydroxylation is 1. The molecule has 78 valence electrons. The van der Waals surface area contributed by atoms with Gasteiger partial charge >= 0.3 is 0 Å². The lowest BCUT2D eigenvalue weighted by molar-refractivity contribution is 0.454. The van der Waals surface area contributed by atoms with Gasteiger partial charge in [0.2, 0.25) is 5.88 Å². The van der Waals surface area contributed by atoms with Crippen LogP contribution >= 0.6 is 0 Å². The van der Waals surface area contributed by atoms with Crippen LogP contribution < -0.4 is 10.5 Å². The van der Waals surface area contributed by atoms with E-state index in [1.807, 2.05) is 19.1 Å². The van der Waals surface area contributed by atoms with Gasteiger partial charge < -0.3 is 10.5 Å². The highest BCUT2D eigenvalue weighted by atomic mass is 16.5. The summed E-state index contributed by atoms with van der Waals surface area (Å²) in [5, 5.41) is 6.77. The van der Waals surface area contributed by atoms with Crippen molar-refractivity contribution >= 4 is 0 Å². The Morgan fingerprint density at radius 3 is 3.07 bits per heavy atom. The summed E-state index contributed by atoms with van der Waals surface area (Å²) in [6, 6.07) is 3.64. The van der Waals surface area contributed by atoms with Gasteiger partial charge in [-0.3, -0.25) is 10.1 Å². The van der Waals surface area contributed by atoms with Crippen molar-refractivity contribution < 1.29 is 4.74 Å². The number of rotatable bonds is 3. The first-order valence-electron chi connectivity index (χ1n) is 4.62. The minimum Gasteiger partial charge on any atom is -0.436 e. The number of aromatic amines is 1. The number of hydrogen-bond donors (Lipinski definition) is 2. The third kappa shape index (κ3) is 2.13. The number of nitrogens with one attached hydrogen (secondary N) is 1. The number of hydrogen-bond acceptors (Lipinski definition) is 4. The summed E-state index contributed by atoms with van der Waals surface area (Å²) in [6.07, 6.45) is 3.32. The molecule has 5 nitrogen and oxygen atoms in total. The van der Waals surface area contributed by atoms with Crippen LogP contribution in [0.5, 0.6) is 11.6 Å². The Labute approximate surface area is 87.3 Å². The van der Waals surface area contributed by atoms with Crippen molar-refractivity contribution in [2.45, 2.75) is 13.5 Å². The van der Waals surface area contributed by atoms with Gasteiger partial charge in [0.25, 0.3) is 0 Å². The van der Waals surface area contributed by atoms with Gasteiger partial charge in [0, 0.05) is 30.1 Å². The fourth-order valence-electron chi connectivity index (χ4n) is 1.23. The Morgan fingerprint density at radius 2 is 2.40 bits per heavy atom. The van der Waals surface area contributed by atoms with Crippen molar-refractivity contribution in [2.75, 3.05) is 0 Å². The van der Waals surface area contributed by atoms with Crippen LogP contribution in [0.1, 0.15) is 11.3 Å². The zero-order valence-electron chi connectivity index (χ0n) is 8.40. The van der Waals surface area contributed by atoms with Gasteiger partial charge in [-0.1, -0.05) is 0 Å². The Balaban J connectivity index is 2.23. The van der Waals surface area contributed by atoms with E-state index in [2.05, 4.69) is 15.2 Å². The summed E-state index contributed by atoms with van der Waals surface area (Å²) in [5.74, 6) is 1.17. The molecule has 2 aromatic rings. The van der Waals surface area contributed by atoms with Crippen molar-refractivity contribution in [1.82, 2.24) is 15.2 Å². The molecule has 0 radical (unpaired) electrons. The van der Waals surface area contributed by atoms with Crippen molar-refractivity contribution in [1.29, 1.82) is 0 Å². The Hall–Kier alpha value is -1.88. The van der Waals surface area contributed by atoms with Gasteiger partial charge in [0.1, 0.15) is 0 Å². The molecule has 0 bridgehead atoms. The van der Waals surface area contributed by atoms with Crippen molar-refractivity contribution in [3.8, 4) is 11.6 Å². The van der Waals surface area contributed by atoms with Gasteiger partial charge in [-0.25, -0.2) is 0 Å².